The van der Waals surface area contributed by atoms with Crippen molar-refractivity contribution in [3.05, 3.63) is 38.7 Å². The van der Waals surface area contributed by atoms with E-state index in [4.69, 9.17) is 9.47 Å². The summed E-state index contributed by atoms with van der Waals surface area (Å²) in [5.41, 5.74) is -0.917. The molecule has 1 aromatic rings. The Morgan fingerprint density at radius 2 is 1.84 bits per heavy atom. The third kappa shape index (κ3) is 7.83. The Hall–Kier alpha value is -2.03. The molecule has 0 aromatic carbocycles. The van der Waals surface area contributed by atoms with E-state index in [0.29, 0.717) is 6.42 Å². The monoisotopic (exact) mass is 450 g/mol. The lowest BCUT2D eigenvalue weighted by Crippen LogP contribution is -2.40. The summed E-state index contributed by atoms with van der Waals surface area (Å²) in [6.07, 6.45) is 14.3. The van der Waals surface area contributed by atoms with Crippen molar-refractivity contribution in [1.82, 2.24) is 9.55 Å². The predicted octanol–water partition coefficient (Wildman–Crippen LogP) is 2.99. The molecule has 0 amide bonds. The van der Waals surface area contributed by atoms with Gasteiger partial charge in [0.05, 0.1) is 24.8 Å². The first-order chi connectivity index (χ1) is 15.5. The summed E-state index contributed by atoms with van der Waals surface area (Å²) >= 11 is 0. The number of unbranched alkanes of at least 4 members (excludes halogenated alkanes) is 8. The first kappa shape index (κ1) is 26.2. The number of hydrogen-bond acceptors (Lipinski definition) is 6. The molecular weight excluding hydrogens is 412 g/mol. The van der Waals surface area contributed by atoms with E-state index in [0.717, 1.165) is 19.3 Å². The maximum Gasteiger partial charge on any atom is 0.328 e. The quantitative estimate of drug-likeness (QED) is 0.314. The first-order valence-electron chi connectivity index (χ1n) is 11.8. The van der Waals surface area contributed by atoms with Crippen LogP contribution in [0.2, 0.25) is 0 Å². The number of hydrogen-bond donors (Lipinski definition) is 2. The van der Waals surface area contributed by atoms with E-state index in [2.05, 4.69) is 11.9 Å². The van der Waals surface area contributed by atoms with Gasteiger partial charge in [0.1, 0.15) is 12.2 Å². The molecule has 0 spiro atoms. The van der Waals surface area contributed by atoms with Crippen LogP contribution in [-0.4, -0.2) is 53.0 Å². The number of aromatic amines is 1. The van der Waals surface area contributed by atoms with Crippen LogP contribution in [0.3, 0.4) is 0 Å². The lowest BCUT2D eigenvalue weighted by Gasteiger charge is -2.21. The summed E-state index contributed by atoms with van der Waals surface area (Å²) in [4.78, 5) is 39.0. The molecule has 1 saturated heterocycles. The normalized spacial score (nSPS) is 20.9. The average Bonchev–Trinajstić information content (AvgIpc) is 3.20. The highest BCUT2D eigenvalue weighted by Crippen LogP contribution is 2.26. The summed E-state index contributed by atoms with van der Waals surface area (Å²) in [7, 11) is 1.48. The number of carbonyl (C=O) groups excluding carboxylic acids is 1. The van der Waals surface area contributed by atoms with Gasteiger partial charge >= 0.3 is 5.69 Å². The Balaban J connectivity index is 1.87. The molecule has 3 atom stereocenters. The molecule has 2 heterocycles. The van der Waals surface area contributed by atoms with E-state index in [1.165, 1.54) is 68.6 Å². The largest absolute Gasteiger partial charge is 0.394 e. The number of nitrogens with zero attached hydrogens (tertiary/aromatic N) is 1. The second-order valence-electron chi connectivity index (χ2n) is 8.45. The fraction of sp³-hybridized carbons (Fsp3) is 0.708. The number of nitrogens with one attached hydrogen (secondary N) is 1. The van der Waals surface area contributed by atoms with Gasteiger partial charge < -0.3 is 14.6 Å². The van der Waals surface area contributed by atoms with E-state index >= 15 is 0 Å². The molecule has 8 nitrogen and oxygen atoms in total. The van der Waals surface area contributed by atoms with Gasteiger partial charge in [-0.15, -0.1) is 0 Å². The maximum atomic E-state index is 12.3. The van der Waals surface area contributed by atoms with Gasteiger partial charge in [-0.05, 0) is 18.6 Å². The third-order valence-electron chi connectivity index (χ3n) is 6.01. The number of H-pyrrole nitrogens is 1. The van der Waals surface area contributed by atoms with Gasteiger partial charge in [-0.1, -0.05) is 58.3 Å². The van der Waals surface area contributed by atoms with Crippen molar-refractivity contribution < 1.29 is 19.4 Å². The molecule has 1 fully saturated rings. The highest BCUT2D eigenvalue weighted by atomic mass is 16.6. The van der Waals surface area contributed by atoms with Crippen LogP contribution < -0.4 is 11.2 Å². The number of aliphatic hydroxyl groups is 1. The van der Waals surface area contributed by atoms with Crippen molar-refractivity contribution in [3.63, 3.8) is 0 Å². The minimum absolute atomic E-state index is 0.0376. The van der Waals surface area contributed by atoms with Gasteiger partial charge in [-0.25, -0.2) is 4.79 Å². The van der Waals surface area contributed by atoms with E-state index in [-0.39, 0.29) is 24.6 Å². The lowest BCUT2D eigenvalue weighted by atomic mass is 10.1. The topological polar surface area (TPSA) is 111 Å². The van der Waals surface area contributed by atoms with Crippen LogP contribution >= 0.6 is 0 Å². The van der Waals surface area contributed by atoms with Crippen molar-refractivity contribution in [2.75, 3.05) is 20.3 Å². The van der Waals surface area contributed by atoms with Crippen LogP contribution in [0.25, 0.3) is 6.08 Å². The molecule has 0 radical (unpaired) electrons. The zero-order chi connectivity index (χ0) is 23.3. The molecule has 0 aliphatic carbocycles. The number of allylic oxidation sites excluding steroid dienone is 1. The Morgan fingerprint density at radius 1 is 1.19 bits per heavy atom. The van der Waals surface area contributed by atoms with Crippen molar-refractivity contribution in [1.29, 1.82) is 0 Å². The van der Waals surface area contributed by atoms with Gasteiger partial charge in [-0.2, -0.15) is 0 Å². The Morgan fingerprint density at radius 3 is 2.47 bits per heavy atom. The molecule has 32 heavy (non-hydrogen) atoms. The molecule has 1 aromatic heterocycles. The highest BCUT2D eigenvalue weighted by molar-refractivity contribution is 5.93. The van der Waals surface area contributed by atoms with Gasteiger partial charge in [0.2, 0.25) is 0 Å². The van der Waals surface area contributed by atoms with Gasteiger partial charge in [0, 0.05) is 19.7 Å². The third-order valence-corrected chi connectivity index (χ3v) is 6.01. The standard InChI is InChI=1S/C24H38N2O6/c1-3-4-5-6-7-8-9-10-11-12-19(28)14-13-18-15-26(24(30)25-23(18)29)20-17-32-21(16-27)22(20)31-2/h13-15,20-22,27H,3-12,16-17H2,1-2H3,(H,25,29,30)/b14-13+. The summed E-state index contributed by atoms with van der Waals surface area (Å²) < 4.78 is 12.2. The number of aromatic nitrogens is 2. The first-order valence-corrected chi connectivity index (χ1v) is 11.8. The van der Waals surface area contributed by atoms with Crippen molar-refractivity contribution in [2.24, 2.45) is 0 Å². The molecule has 0 saturated carbocycles. The van der Waals surface area contributed by atoms with Crippen LogP contribution in [0, 0.1) is 0 Å². The van der Waals surface area contributed by atoms with Gasteiger partial charge in [0.15, 0.2) is 5.78 Å². The summed E-state index contributed by atoms with van der Waals surface area (Å²) in [5, 5.41) is 9.41. The number of ketones is 1. The molecule has 180 valence electrons. The molecule has 2 N–H and O–H groups in total. The van der Waals surface area contributed by atoms with Crippen LogP contribution in [0.15, 0.2) is 21.9 Å². The zero-order valence-corrected chi connectivity index (χ0v) is 19.4. The SMILES string of the molecule is CCCCCCCCCCCC(=O)/C=C/c1cn(C2COC(CO)C2OC)c(=O)[nH]c1=O. The fourth-order valence-electron chi connectivity index (χ4n) is 4.11. The van der Waals surface area contributed by atoms with E-state index in [1.807, 2.05) is 0 Å². The maximum absolute atomic E-state index is 12.3. The van der Waals surface area contributed by atoms with E-state index in [1.54, 1.807) is 0 Å². The van der Waals surface area contributed by atoms with Crippen molar-refractivity contribution in [3.8, 4) is 0 Å². The van der Waals surface area contributed by atoms with Crippen molar-refractivity contribution in [2.45, 2.75) is 89.4 Å². The van der Waals surface area contributed by atoms with E-state index in [9.17, 15) is 19.5 Å². The zero-order valence-electron chi connectivity index (χ0n) is 19.4. The fourth-order valence-corrected chi connectivity index (χ4v) is 4.11. The number of ether oxygens (including phenoxy) is 2. The van der Waals surface area contributed by atoms with Crippen LogP contribution in [-0.2, 0) is 14.3 Å². The van der Waals surface area contributed by atoms with Crippen molar-refractivity contribution >= 4 is 11.9 Å². The predicted molar refractivity (Wildman–Crippen MR) is 124 cm³/mol. The minimum atomic E-state index is -0.581. The molecule has 0 bridgehead atoms. The molecular formula is C24H38N2O6. The number of carbonyl (C=O) groups is 1. The average molecular weight is 451 g/mol. The molecule has 1 aliphatic rings. The van der Waals surface area contributed by atoms with Crippen LogP contribution in [0.5, 0.6) is 0 Å². The molecule has 3 unspecified atom stereocenters. The summed E-state index contributed by atoms with van der Waals surface area (Å²) in [6, 6.07) is -0.480. The summed E-state index contributed by atoms with van der Waals surface area (Å²) in [6.45, 7) is 2.16. The van der Waals surface area contributed by atoms with Gasteiger partial charge in [0.25, 0.3) is 5.56 Å². The Labute approximate surface area is 189 Å². The summed E-state index contributed by atoms with van der Waals surface area (Å²) in [5.74, 6) is -0.0376. The van der Waals surface area contributed by atoms with Crippen LogP contribution in [0.4, 0.5) is 0 Å². The molecule has 2 rings (SSSR count). The number of aliphatic hydroxyl groups excluding tert-OH is 1. The van der Waals surface area contributed by atoms with E-state index < -0.39 is 29.5 Å². The second-order valence-corrected chi connectivity index (χ2v) is 8.45. The number of rotatable bonds is 15. The van der Waals surface area contributed by atoms with Gasteiger partial charge in [-0.3, -0.25) is 19.1 Å². The second kappa shape index (κ2) is 14.2. The molecule has 8 heteroatoms. The van der Waals surface area contributed by atoms with Crippen LogP contribution in [0.1, 0.15) is 82.7 Å². The minimum Gasteiger partial charge on any atom is -0.394 e. The Kier molecular flexibility index (Phi) is 11.6. The highest BCUT2D eigenvalue weighted by Gasteiger charge is 2.38. The molecule has 1 aliphatic heterocycles. The Bertz CT molecular complexity index is 844. The lowest BCUT2D eigenvalue weighted by molar-refractivity contribution is -0.114. The number of methoxy groups -OCH3 is 1. The smallest absolute Gasteiger partial charge is 0.328 e.